The number of anilines is 2. The molecule has 0 amide bonds. The highest BCUT2D eigenvalue weighted by Gasteiger charge is 2.26. The first-order valence-corrected chi connectivity index (χ1v) is 7.03. The largest absolute Gasteiger partial charge is 0.361 e. The van der Waals surface area contributed by atoms with Crippen LogP contribution in [0.3, 0.4) is 0 Å². The molecule has 1 fully saturated rings. The maximum absolute atomic E-state index is 11.3. The van der Waals surface area contributed by atoms with E-state index in [1.54, 1.807) is 19.0 Å². The molecule has 0 aromatic carbocycles. The zero-order chi connectivity index (χ0) is 14.5. The number of nitrogens with zero attached hydrogens (tertiary/aromatic N) is 4. The molecule has 1 N–H and O–H groups in total. The van der Waals surface area contributed by atoms with Gasteiger partial charge in [-0.05, 0) is 12.8 Å². The molecule has 7 nitrogen and oxygen atoms in total. The minimum Gasteiger partial charge on any atom is -0.361 e. The van der Waals surface area contributed by atoms with Crippen LogP contribution in [-0.4, -0.2) is 35.0 Å². The van der Waals surface area contributed by atoms with E-state index < -0.39 is 4.92 Å². The van der Waals surface area contributed by atoms with Gasteiger partial charge in [0.25, 0.3) is 0 Å². The minimum atomic E-state index is -0.408. The standard InChI is InChI=1S/C13H21N5O2/c1-17(2)13-11(18(19)20)12(14-9-15-13)16-10-7-5-3-4-6-8-10/h9-10H,3-8H2,1-2H3,(H,14,15,16). The number of aromatic nitrogens is 2. The summed E-state index contributed by atoms with van der Waals surface area (Å²) in [5, 5.41) is 14.6. The summed E-state index contributed by atoms with van der Waals surface area (Å²) in [5.74, 6) is 0.668. The number of nitro groups is 1. The fourth-order valence-electron chi connectivity index (χ4n) is 2.59. The molecule has 0 aliphatic heterocycles. The Labute approximate surface area is 118 Å². The van der Waals surface area contributed by atoms with Crippen molar-refractivity contribution in [3.63, 3.8) is 0 Å². The Kier molecular flexibility index (Phi) is 4.70. The van der Waals surface area contributed by atoms with Gasteiger partial charge < -0.3 is 10.2 Å². The van der Waals surface area contributed by atoms with Crippen molar-refractivity contribution in [2.75, 3.05) is 24.3 Å². The lowest BCUT2D eigenvalue weighted by atomic mass is 10.1. The van der Waals surface area contributed by atoms with Crippen LogP contribution in [0.25, 0.3) is 0 Å². The second-order valence-corrected chi connectivity index (χ2v) is 5.38. The second-order valence-electron chi connectivity index (χ2n) is 5.38. The van der Waals surface area contributed by atoms with Crippen LogP contribution in [0, 0.1) is 10.1 Å². The average molecular weight is 279 g/mol. The molecule has 1 aliphatic rings. The molecule has 0 unspecified atom stereocenters. The molecule has 20 heavy (non-hydrogen) atoms. The van der Waals surface area contributed by atoms with Gasteiger partial charge in [-0.25, -0.2) is 9.97 Å². The molecule has 1 heterocycles. The highest BCUT2D eigenvalue weighted by Crippen LogP contribution is 2.32. The molecule has 7 heteroatoms. The van der Waals surface area contributed by atoms with E-state index >= 15 is 0 Å². The third kappa shape index (κ3) is 3.34. The SMILES string of the molecule is CN(C)c1ncnc(NC2CCCCCC2)c1[N+](=O)[O-]. The van der Waals surface area contributed by atoms with Gasteiger partial charge in [-0.1, -0.05) is 25.7 Å². The molecule has 0 bridgehead atoms. The van der Waals surface area contributed by atoms with E-state index in [0.717, 1.165) is 25.7 Å². The lowest BCUT2D eigenvalue weighted by Gasteiger charge is -2.18. The number of nitrogens with one attached hydrogen (secondary N) is 1. The summed E-state index contributed by atoms with van der Waals surface area (Å²) in [6.07, 6.45) is 8.27. The first-order chi connectivity index (χ1) is 9.59. The van der Waals surface area contributed by atoms with E-state index in [1.807, 2.05) is 0 Å². The van der Waals surface area contributed by atoms with Gasteiger partial charge >= 0.3 is 5.69 Å². The van der Waals surface area contributed by atoms with Gasteiger partial charge in [0.05, 0.1) is 4.92 Å². The number of hydrogen-bond acceptors (Lipinski definition) is 6. The molecule has 0 atom stereocenters. The molecule has 0 spiro atoms. The number of rotatable bonds is 4. The predicted octanol–water partition coefficient (Wildman–Crippen LogP) is 2.59. The average Bonchev–Trinajstić information content (AvgIpc) is 2.66. The molecular formula is C13H21N5O2. The van der Waals surface area contributed by atoms with Crippen LogP contribution in [0.5, 0.6) is 0 Å². The van der Waals surface area contributed by atoms with Crippen LogP contribution in [0.4, 0.5) is 17.3 Å². The van der Waals surface area contributed by atoms with Gasteiger partial charge in [0.1, 0.15) is 6.33 Å². The van der Waals surface area contributed by atoms with E-state index in [-0.39, 0.29) is 11.7 Å². The fraction of sp³-hybridized carbons (Fsp3) is 0.692. The minimum absolute atomic E-state index is 0.0400. The van der Waals surface area contributed by atoms with Crippen molar-refractivity contribution in [1.82, 2.24) is 9.97 Å². The first-order valence-electron chi connectivity index (χ1n) is 7.03. The summed E-state index contributed by atoms with van der Waals surface area (Å²) < 4.78 is 0. The molecule has 0 saturated heterocycles. The van der Waals surface area contributed by atoms with Crippen molar-refractivity contribution in [3.8, 4) is 0 Å². The first kappa shape index (κ1) is 14.5. The van der Waals surface area contributed by atoms with Crippen LogP contribution >= 0.6 is 0 Å². The van der Waals surface area contributed by atoms with Crippen LogP contribution in [0.2, 0.25) is 0 Å². The quantitative estimate of drug-likeness (QED) is 0.518. The van der Waals surface area contributed by atoms with Crippen LogP contribution < -0.4 is 10.2 Å². The van der Waals surface area contributed by atoms with E-state index in [2.05, 4.69) is 15.3 Å². The van der Waals surface area contributed by atoms with Crippen LogP contribution in [-0.2, 0) is 0 Å². The van der Waals surface area contributed by atoms with E-state index in [0.29, 0.717) is 11.6 Å². The maximum atomic E-state index is 11.3. The normalized spacial score (nSPS) is 16.5. The van der Waals surface area contributed by atoms with E-state index in [1.165, 1.54) is 19.2 Å². The van der Waals surface area contributed by atoms with Gasteiger partial charge in [-0.3, -0.25) is 10.1 Å². The molecule has 1 aromatic rings. The van der Waals surface area contributed by atoms with Crippen molar-refractivity contribution in [3.05, 3.63) is 16.4 Å². The Morgan fingerprint density at radius 3 is 2.45 bits per heavy atom. The zero-order valence-corrected chi connectivity index (χ0v) is 12.0. The van der Waals surface area contributed by atoms with Crippen LogP contribution in [0.15, 0.2) is 6.33 Å². The Morgan fingerprint density at radius 2 is 1.90 bits per heavy atom. The Morgan fingerprint density at radius 1 is 1.25 bits per heavy atom. The van der Waals surface area contributed by atoms with Gasteiger partial charge in [-0.15, -0.1) is 0 Å². The van der Waals surface area contributed by atoms with Gasteiger partial charge in [0.15, 0.2) is 0 Å². The molecule has 1 aliphatic carbocycles. The van der Waals surface area contributed by atoms with Crippen molar-refractivity contribution in [2.45, 2.75) is 44.6 Å². The highest BCUT2D eigenvalue weighted by molar-refractivity contribution is 5.70. The summed E-state index contributed by atoms with van der Waals surface area (Å²) in [6.45, 7) is 0. The molecular weight excluding hydrogens is 258 g/mol. The number of hydrogen-bond donors (Lipinski definition) is 1. The Bertz CT molecular complexity index is 470. The lowest BCUT2D eigenvalue weighted by molar-refractivity contribution is -0.383. The van der Waals surface area contributed by atoms with E-state index in [4.69, 9.17) is 0 Å². The summed E-state index contributed by atoms with van der Waals surface area (Å²) in [4.78, 5) is 20.6. The molecule has 1 saturated carbocycles. The molecule has 110 valence electrons. The van der Waals surface area contributed by atoms with Crippen LogP contribution in [0.1, 0.15) is 38.5 Å². The van der Waals surface area contributed by atoms with E-state index in [9.17, 15) is 10.1 Å². The molecule has 0 radical (unpaired) electrons. The highest BCUT2D eigenvalue weighted by atomic mass is 16.6. The summed E-state index contributed by atoms with van der Waals surface area (Å²) >= 11 is 0. The maximum Gasteiger partial charge on any atom is 0.353 e. The second kappa shape index (κ2) is 6.49. The fourth-order valence-corrected chi connectivity index (χ4v) is 2.59. The van der Waals surface area contributed by atoms with Crippen molar-refractivity contribution >= 4 is 17.3 Å². The Hall–Kier alpha value is -1.92. The topological polar surface area (TPSA) is 84.2 Å². The summed E-state index contributed by atoms with van der Waals surface area (Å²) in [7, 11) is 3.48. The Balaban J connectivity index is 2.26. The monoisotopic (exact) mass is 279 g/mol. The van der Waals surface area contributed by atoms with Crippen molar-refractivity contribution < 1.29 is 4.92 Å². The third-order valence-electron chi connectivity index (χ3n) is 3.61. The van der Waals surface area contributed by atoms with Gasteiger partial charge in [-0.2, -0.15) is 0 Å². The zero-order valence-electron chi connectivity index (χ0n) is 12.0. The van der Waals surface area contributed by atoms with Crippen molar-refractivity contribution in [1.29, 1.82) is 0 Å². The third-order valence-corrected chi connectivity index (χ3v) is 3.61. The van der Waals surface area contributed by atoms with Crippen molar-refractivity contribution in [2.24, 2.45) is 0 Å². The van der Waals surface area contributed by atoms with Gasteiger partial charge in [0.2, 0.25) is 11.6 Å². The van der Waals surface area contributed by atoms with Gasteiger partial charge in [0, 0.05) is 20.1 Å². The molecule has 1 aromatic heterocycles. The lowest BCUT2D eigenvalue weighted by Crippen LogP contribution is -2.21. The summed E-state index contributed by atoms with van der Waals surface area (Å²) in [6, 6.07) is 0.265. The predicted molar refractivity (Wildman–Crippen MR) is 78.1 cm³/mol. The molecule has 2 rings (SSSR count). The smallest absolute Gasteiger partial charge is 0.353 e. The summed E-state index contributed by atoms with van der Waals surface area (Å²) in [5.41, 5.74) is -0.0400.